The number of aliphatic hydroxyl groups excluding tert-OH is 1. The minimum atomic E-state index is 0.251. The third kappa shape index (κ3) is 3.95. The van der Waals surface area contributed by atoms with Gasteiger partial charge in [-0.3, -0.25) is 0 Å². The monoisotopic (exact) mass is 200 g/mol. The molecule has 0 aliphatic heterocycles. The predicted molar refractivity (Wildman–Crippen MR) is 59.4 cm³/mol. The molecule has 0 aromatic rings. The summed E-state index contributed by atoms with van der Waals surface area (Å²) in [6.07, 6.45) is 5.05. The average Bonchev–Trinajstić information content (AvgIpc) is 3.01. The lowest BCUT2D eigenvalue weighted by Crippen LogP contribution is -2.36. The van der Waals surface area contributed by atoms with E-state index in [1.54, 1.807) is 0 Å². The highest BCUT2D eigenvalue weighted by molar-refractivity contribution is 4.84. The molecule has 1 saturated carbocycles. The summed E-state index contributed by atoms with van der Waals surface area (Å²) < 4.78 is 0. The van der Waals surface area contributed by atoms with Crippen molar-refractivity contribution in [3.63, 3.8) is 0 Å². The second-order valence-corrected chi connectivity index (χ2v) is 4.22. The second-order valence-electron chi connectivity index (χ2n) is 4.22. The summed E-state index contributed by atoms with van der Waals surface area (Å²) in [5.74, 6) is 0. The zero-order valence-corrected chi connectivity index (χ0v) is 9.50. The molecular weight excluding hydrogens is 176 g/mol. The summed E-state index contributed by atoms with van der Waals surface area (Å²) in [4.78, 5) is 2.57. The molecule has 3 heteroatoms. The van der Waals surface area contributed by atoms with Gasteiger partial charge in [0.2, 0.25) is 0 Å². The van der Waals surface area contributed by atoms with E-state index in [9.17, 15) is 0 Å². The van der Waals surface area contributed by atoms with Crippen molar-refractivity contribution in [1.29, 1.82) is 0 Å². The molecule has 0 amide bonds. The van der Waals surface area contributed by atoms with Gasteiger partial charge < -0.3 is 15.3 Å². The SMILES string of the molecule is CCCN(CCC(CO)NC)C1CC1. The van der Waals surface area contributed by atoms with Crippen LogP contribution >= 0.6 is 0 Å². The first-order chi connectivity index (χ1) is 6.81. The molecule has 0 radical (unpaired) electrons. The Labute approximate surface area is 87.5 Å². The largest absolute Gasteiger partial charge is 0.395 e. The molecule has 0 aromatic heterocycles. The number of aliphatic hydroxyl groups is 1. The van der Waals surface area contributed by atoms with Crippen LogP contribution in [0, 0.1) is 0 Å². The van der Waals surface area contributed by atoms with Crippen LogP contribution in [-0.4, -0.2) is 48.8 Å². The molecule has 0 aromatic carbocycles. The number of likely N-dealkylation sites (N-methyl/N-ethyl adjacent to an activating group) is 1. The molecule has 1 fully saturated rings. The standard InChI is InChI=1S/C11H24N2O/c1-3-7-13(11-4-5-11)8-6-10(9-14)12-2/h10-12,14H,3-9H2,1-2H3. The van der Waals surface area contributed by atoms with Gasteiger partial charge in [-0.15, -0.1) is 0 Å². The quantitative estimate of drug-likeness (QED) is 0.609. The van der Waals surface area contributed by atoms with Crippen molar-refractivity contribution in [2.45, 2.75) is 44.7 Å². The van der Waals surface area contributed by atoms with Crippen LogP contribution in [0.3, 0.4) is 0 Å². The molecule has 3 nitrogen and oxygen atoms in total. The third-order valence-electron chi connectivity index (χ3n) is 2.97. The molecule has 0 heterocycles. The Balaban J connectivity index is 2.17. The smallest absolute Gasteiger partial charge is 0.0585 e. The van der Waals surface area contributed by atoms with Crippen molar-refractivity contribution in [2.75, 3.05) is 26.7 Å². The first kappa shape index (κ1) is 12.0. The molecule has 0 bridgehead atoms. The van der Waals surface area contributed by atoms with Crippen LogP contribution in [0.2, 0.25) is 0 Å². The highest BCUT2D eigenvalue weighted by Gasteiger charge is 2.28. The van der Waals surface area contributed by atoms with Crippen LogP contribution in [0.15, 0.2) is 0 Å². The first-order valence-corrected chi connectivity index (χ1v) is 5.84. The van der Waals surface area contributed by atoms with E-state index in [4.69, 9.17) is 5.11 Å². The highest BCUT2D eigenvalue weighted by Crippen LogP contribution is 2.26. The van der Waals surface area contributed by atoms with Gasteiger partial charge in [0.25, 0.3) is 0 Å². The Morgan fingerprint density at radius 2 is 2.14 bits per heavy atom. The van der Waals surface area contributed by atoms with Gasteiger partial charge in [0.1, 0.15) is 0 Å². The van der Waals surface area contributed by atoms with E-state index in [0.717, 1.165) is 19.0 Å². The molecule has 1 rings (SSSR count). The normalized spacial score (nSPS) is 18.9. The average molecular weight is 200 g/mol. The van der Waals surface area contributed by atoms with E-state index in [1.165, 1.54) is 25.8 Å². The van der Waals surface area contributed by atoms with Crippen LogP contribution in [0.4, 0.5) is 0 Å². The molecular formula is C11H24N2O. The second kappa shape index (κ2) is 6.38. The Morgan fingerprint density at radius 3 is 2.57 bits per heavy atom. The number of nitrogens with one attached hydrogen (secondary N) is 1. The van der Waals surface area contributed by atoms with Crippen LogP contribution in [0.1, 0.15) is 32.6 Å². The third-order valence-corrected chi connectivity index (χ3v) is 2.97. The molecule has 1 atom stereocenters. The topological polar surface area (TPSA) is 35.5 Å². The van der Waals surface area contributed by atoms with Crippen LogP contribution in [0.5, 0.6) is 0 Å². The zero-order valence-electron chi connectivity index (χ0n) is 9.50. The summed E-state index contributed by atoms with van der Waals surface area (Å²) in [5, 5.41) is 12.2. The fraction of sp³-hybridized carbons (Fsp3) is 1.00. The van der Waals surface area contributed by atoms with Crippen molar-refractivity contribution in [3.05, 3.63) is 0 Å². The lowest BCUT2D eigenvalue weighted by atomic mass is 10.2. The van der Waals surface area contributed by atoms with Crippen LogP contribution in [-0.2, 0) is 0 Å². The molecule has 0 spiro atoms. The van der Waals surface area contributed by atoms with Gasteiger partial charge in [0.05, 0.1) is 6.61 Å². The number of nitrogens with zero attached hydrogens (tertiary/aromatic N) is 1. The molecule has 84 valence electrons. The van der Waals surface area contributed by atoms with Crippen molar-refractivity contribution in [3.8, 4) is 0 Å². The predicted octanol–water partition coefficient (Wildman–Crippen LogP) is 0.831. The fourth-order valence-corrected chi connectivity index (χ4v) is 1.85. The molecule has 0 saturated heterocycles. The van der Waals surface area contributed by atoms with Crippen molar-refractivity contribution in [1.82, 2.24) is 10.2 Å². The summed E-state index contributed by atoms with van der Waals surface area (Å²) in [6.45, 7) is 4.83. The van der Waals surface area contributed by atoms with Gasteiger partial charge in [-0.25, -0.2) is 0 Å². The van der Waals surface area contributed by atoms with E-state index in [2.05, 4.69) is 17.1 Å². The first-order valence-electron chi connectivity index (χ1n) is 5.84. The highest BCUT2D eigenvalue weighted by atomic mass is 16.3. The molecule has 1 aliphatic rings. The van der Waals surface area contributed by atoms with E-state index in [1.807, 2.05) is 7.05 Å². The fourth-order valence-electron chi connectivity index (χ4n) is 1.85. The van der Waals surface area contributed by atoms with Crippen molar-refractivity contribution >= 4 is 0 Å². The lowest BCUT2D eigenvalue weighted by Gasteiger charge is -2.23. The Hall–Kier alpha value is -0.120. The lowest BCUT2D eigenvalue weighted by molar-refractivity contribution is 0.205. The molecule has 14 heavy (non-hydrogen) atoms. The van der Waals surface area contributed by atoms with Crippen LogP contribution < -0.4 is 5.32 Å². The summed E-state index contributed by atoms with van der Waals surface area (Å²) in [6, 6.07) is 1.12. The summed E-state index contributed by atoms with van der Waals surface area (Å²) in [5.41, 5.74) is 0. The molecule has 1 aliphatic carbocycles. The van der Waals surface area contributed by atoms with Gasteiger partial charge >= 0.3 is 0 Å². The minimum absolute atomic E-state index is 0.251. The van der Waals surface area contributed by atoms with Gasteiger partial charge in [-0.05, 0) is 45.8 Å². The van der Waals surface area contributed by atoms with Gasteiger partial charge in [-0.2, -0.15) is 0 Å². The van der Waals surface area contributed by atoms with Crippen LogP contribution in [0.25, 0.3) is 0 Å². The number of rotatable bonds is 8. The minimum Gasteiger partial charge on any atom is -0.395 e. The van der Waals surface area contributed by atoms with E-state index >= 15 is 0 Å². The maximum absolute atomic E-state index is 9.04. The zero-order chi connectivity index (χ0) is 10.4. The number of hydrogen-bond acceptors (Lipinski definition) is 3. The summed E-state index contributed by atoms with van der Waals surface area (Å²) in [7, 11) is 1.92. The van der Waals surface area contributed by atoms with E-state index in [0.29, 0.717) is 0 Å². The molecule has 1 unspecified atom stereocenters. The Bertz CT molecular complexity index is 144. The van der Waals surface area contributed by atoms with Gasteiger partial charge in [-0.1, -0.05) is 6.92 Å². The Morgan fingerprint density at radius 1 is 1.43 bits per heavy atom. The molecule has 2 N–H and O–H groups in total. The van der Waals surface area contributed by atoms with Crippen molar-refractivity contribution < 1.29 is 5.11 Å². The Kier molecular flexibility index (Phi) is 5.45. The van der Waals surface area contributed by atoms with Crippen molar-refractivity contribution in [2.24, 2.45) is 0 Å². The van der Waals surface area contributed by atoms with E-state index < -0.39 is 0 Å². The van der Waals surface area contributed by atoms with Gasteiger partial charge in [0.15, 0.2) is 0 Å². The maximum Gasteiger partial charge on any atom is 0.0585 e. The van der Waals surface area contributed by atoms with E-state index in [-0.39, 0.29) is 12.6 Å². The maximum atomic E-state index is 9.04. The van der Waals surface area contributed by atoms with Gasteiger partial charge in [0, 0.05) is 12.1 Å². The summed E-state index contributed by atoms with van der Waals surface area (Å²) >= 11 is 0. The number of hydrogen-bond donors (Lipinski definition) is 2.